The van der Waals surface area contributed by atoms with Crippen molar-refractivity contribution in [1.29, 1.82) is 0 Å². The lowest BCUT2D eigenvalue weighted by atomic mass is 10.1. The molecule has 2 rings (SSSR count). The van der Waals surface area contributed by atoms with Gasteiger partial charge < -0.3 is 4.90 Å². The van der Waals surface area contributed by atoms with Crippen LogP contribution >= 0.6 is 27.5 Å². The summed E-state index contributed by atoms with van der Waals surface area (Å²) in [6.07, 6.45) is 0. The van der Waals surface area contributed by atoms with Crippen LogP contribution in [0.25, 0.3) is 0 Å². The lowest BCUT2D eigenvalue weighted by Gasteiger charge is -2.28. The summed E-state index contributed by atoms with van der Waals surface area (Å²) in [5.41, 5.74) is 2.62. The average Bonchev–Trinajstić information content (AvgIpc) is 2.46. The van der Waals surface area contributed by atoms with Gasteiger partial charge in [0.1, 0.15) is 5.82 Å². The molecule has 2 aromatic carbocycles. The Morgan fingerprint density at radius 2 is 1.85 bits per heavy atom. The van der Waals surface area contributed by atoms with Crippen molar-refractivity contribution in [1.82, 2.24) is 0 Å². The van der Waals surface area contributed by atoms with Gasteiger partial charge in [0.25, 0.3) is 0 Å². The second-order valence-electron chi connectivity index (χ2n) is 4.76. The summed E-state index contributed by atoms with van der Waals surface area (Å²) in [4.78, 5) is 1.93. The van der Waals surface area contributed by atoms with E-state index in [-0.39, 0.29) is 11.9 Å². The molecule has 1 atom stereocenters. The van der Waals surface area contributed by atoms with Crippen molar-refractivity contribution in [3.63, 3.8) is 0 Å². The molecule has 2 aromatic rings. The Balaban J connectivity index is 2.26. The van der Waals surface area contributed by atoms with Crippen molar-refractivity contribution in [3.05, 3.63) is 64.4 Å². The van der Waals surface area contributed by atoms with E-state index in [1.165, 1.54) is 0 Å². The van der Waals surface area contributed by atoms with E-state index in [2.05, 4.69) is 15.9 Å². The fourth-order valence-corrected chi connectivity index (χ4v) is 2.57. The summed E-state index contributed by atoms with van der Waals surface area (Å²) in [6.45, 7) is 2.04. The maximum atomic E-state index is 14.1. The monoisotopic (exact) mass is 355 g/mol. The fraction of sp³-hybridized carbons (Fsp3) is 0.250. The van der Waals surface area contributed by atoms with Crippen molar-refractivity contribution >= 4 is 33.2 Å². The van der Waals surface area contributed by atoms with Gasteiger partial charge in [-0.05, 0) is 42.3 Å². The number of rotatable bonds is 4. The summed E-state index contributed by atoms with van der Waals surface area (Å²) in [7, 11) is 1.89. The van der Waals surface area contributed by atoms with Crippen molar-refractivity contribution in [3.8, 4) is 0 Å². The minimum Gasteiger partial charge on any atom is -0.365 e. The number of halogens is 3. The van der Waals surface area contributed by atoms with Crippen LogP contribution in [-0.2, 0) is 5.33 Å². The van der Waals surface area contributed by atoms with Gasteiger partial charge >= 0.3 is 0 Å². The second kappa shape index (κ2) is 6.59. The third kappa shape index (κ3) is 3.33. The van der Waals surface area contributed by atoms with E-state index in [9.17, 15) is 4.39 Å². The number of alkyl halides is 1. The van der Waals surface area contributed by atoms with Gasteiger partial charge in [0.2, 0.25) is 0 Å². The third-order valence-electron chi connectivity index (χ3n) is 3.48. The molecule has 0 bridgehead atoms. The SMILES string of the molecule is CC(c1ccc(Cl)cc1)N(C)c1ccc(CBr)cc1F. The molecule has 4 heteroatoms. The molecule has 1 nitrogen and oxygen atoms in total. The van der Waals surface area contributed by atoms with Crippen LogP contribution in [0.5, 0.6) is 0 Å². The van der Waals surface area contributed by atoms with Crippen LogP contribution in [-0.4, -0.2) is 7.05 Å². The summed E-state index contributed by atoms with van der Waals surface area (Å²) < 4.78 is 14.1. The first-order valence-corrected chi connectivity index (χ1v) is 7.85. The smallest absolute Gasteiger partial charge is 0.146 e. The molecule has 0 fully saturated rings. The first-order valence-electron chi connectivity index (χ1n) is 6.35. The van der Waals surface area contributed by atoms with E-state index in [1.807, 2.05) is 55.3 Å². The highest BCUT2D eigenvalue weighted by molar-refractivity contribution is 9.08. The second-order valence-corrected chi connectivity index (χ2v) is 5.75. The minimum atomic E-state index is -0.203. The summed E-state index contributed by atoms with van der Waals surface area (Å²) in [5.74, 6) is -0.203. The van der Waals surface area contributed by atoms with Crippen LogP contribution in [0.3, 0.4) is 0 Å². The van der Waals surface area contributed by atoms with Gasteiger partial charge in [-0.25, -0.2) is 4.39 Å². The molecule has 0 N–H and O–H groups in total. The molecule has 0 saturated carbocycles. The zero-order chi connectivity index (χ0) is 14.7. The molecule has 1 unspecified atom stereocenters. The topological polar surface area (TPSA) is 3.24 Å². The highest BCUT2D eigenvalue weighted by Gasteiger charge is 2.15. The number of anilines is 1. The Bertz CT molecular complexity index is 586. The van der Waals surface area contributed by atoms with E-state index in [0.29, 0.717) is 16.0 Å². The average molecular weight is 357 g/mol. The molecule has 20 heavy (non-hydrogen) atoms. The Labute approximate surface area is 132 Å². The zero-order valence-corrected chi connectivity index (χ0v) is 13.7. The molecule has 0 amide bonds. The van der Waals surface area contributed by atoms with Gasteiger partial charge in [0, 0.05) is 17.4 Å². The van der Waals surface area contributed by atoms with Gasteiger partial charge in [-0.3, -0.25) is 0 Å². The van der Waals surface area contributed by atoms with Gasteiger partial charge in [-0.2, -0.15) is 0 Å². The maximum absolute atomic E-state index is 14.1. The van der Waals surface area contributed by atoms with Crippen LogP contribution in [0.2, 0.25) is 5.02 Å². The summed E-state index contributed by atoms with van der Waals surface area (Å²) >= 11 is 9.23. The standard InChI is InChI=1S/C16H16BrClFN/c1-11(13-4-6-14(18)7-5-13)20(2)16-8-3-12(10-17)9-15(16)19/h3-9,11H,10H2,1-2H3. The van der Waals surface area contributed by atoms with Crippen LogP contribution in [0, 0.1) is 5.82 Å². The predicted molar refractivity (Wildman–Crippen MR) is 87.3 cm³/mol. The van der Waals surface area contributed by atoms with Crippen LogP contribution in [0.15, 0.2) is 42.5 Å². The van der Waals surface area contributed by atoms with Gasteiger partial charge in [0.15, 0.2) is 0 Å². The Kier molecular flexibility index (Phi) is 5.06. The molecule has 0 radical (unpaired) electrons. The highest BCUT2D eigenvalue weighted by atomic mass is 79.9. The summed E-state index contributed by atoms with van der Waals surface area (Å²) in [6, 6.07) is 13.0. The fourth-order valence-electron chi connectivity index (χ4n) is 2.09. The first-order chi connectivity index (χ1) is 9.52. The maximum Gasteiger partial charge on any atom is 0.146 e. The third-order valence-corrected chi connectivity index (χ3v) is 4.38. The van der Waals surface area contributed by atoms with E-state index in [1.54, 1.807) is 6.07 Å². The molecule has 106 valence electrons. The van der Waals surface area contributed by atoms with Gasteiger partial charge in [-0.1, -0.05) is 45.7 Å². The zero-order valence-electron chi connectivity index (χ0n) is 11.4. The molecule has 0 spiro atoms. The van der Waals surface area contributed by atoms with E-state index < -0.39 is 0 Å². The Morgan fingerprint density at radius 3 is 2.40 bits per heavy atom. The highest BCUT2D eigenvalue weighted by Crippen LogP contribution is 2.29. The first kappa shape index (κ1) is 15.3. The minimum absolute atomic E-state index is 0.0663. The molecule has 0 heterocycles. The lowest BCUT2D eigenvalue weighted by Crippen LogP contribution is -2.22. The molecular weight excluding hydrogens is 341 g/mol. The molecular formula is C16H16BrClFN. The van der Waals surface area contributed by atoms with Crippen molar-refractivity contribution < 1.29 is 4.39 Å². The van der Waals surface area contributed by atoms with Gasteiger partial charge in [-0.15, -0.1) is 0 Å². The van der Waals surface area contributed by atoms with Crippen molar-refractivity contribution in [2.75, 3.05) is 11.9 Å². The van der Waals surface area contributed by atoms with Gasteiger partial charge in [0.05, 0.1) is 11.7 Å². The lowest BCUT2D eigenvalue weighted by molar-refractivity contribution is 0.610. The number of hydrogen-bond acceptors (Lipinski definition) is 1. The van der Waals surface area contributed by atoms with Crippen molar-refractivity contribution in [2.45, 2.75) is 18.3 Å². The Morgan fingerprint density at radius 1 is 1.20 bits per heavy atom. The van der Waals surface area contributed by atoms with E-state index in [4.69, 9.17) is 11.6 Å². The number of hydrogen-bond donors (Lipinski definition) is 0. The molecule has 0 aromatic heterocycles. The Hall–Kier alpha value is -1.06. The summed E-state index contributed by atoms with van der Waals surface area (Å²) in [5, 5.41) is 1.36. The molecule has 0 aliphatic rings. The molecule has 0 saturated heterocycles. The number of benzene rings is 2. The van der Waals surface area contributed by atoms with Crippen LogP contribution in [0.1, 0.15) is 24.1 Å². The van der Waals surface area contributed by atoms with E-state index >= 15 is 0 Å². The largest absolute Gasteiger partial charge is 0.365 e. The predicted octanol–water partition coefficient (Wildman–Crippen LogP) is 5.57. The van der Waals surface area contributed by atoms with Crippen LogP contribution < -0.4 is 4.90 Å². The number of nitrogens with zero attached hydrogens (tertiary/aromatic N) is 1. The molecule has 0 aliphatic heterocycles. The van der Waals surface area contributed by atoms with Crippen LogP contribution in [0.4, 0.5) is 10.1 Å². The normalized spacial score (nSPS) is 12.2. The van der Waals surface area contributed by atoms with Crippen molar-refractivity contribution in [2.24, 2.45) is 0 Å². The quantitative estimate of drug-likeness (QED) is 0.647. The van der Waals surface area contributed by atoms with E-state index in [0.717, 1.165) is 11.1 Å². The molecule has 0 aliphatic carbocycles.